The largest absolute Gasteiger partial charge is 0.365 e. The lowest BCUT2D eigenvalue weighted by atomic mass is 10.1. The second-order valence-electron chi connectivity index (χ2n) is 7.68. The monoisotopic (exact) mass is 395 g/mol. The van der Waals surface area contributed by atoms with Crippen molar-refractivity contribution < 1.29 is 4.39 Å². The number of hydrogen-bond acceptors (Lipinski definition) is 7. The summed E-state index contributed by atoms with van der Waals surface area (Å²) in [6.07, 6.45) is 0. The number of rotatable bonds is 3. The lowest BCUT2D eigenvalue weighted by Crippen LogP contribution is -2.48. The number of benzene rings is 1. The molecule has 0 saturated carbocycles. The third-order valence-electron chi connectivity index (χ3n) is 5.64. The van der Waals surface area contributed by atoms with Gasteiger partial charge in [0.05, 0.1) is 11.3 Å². The van der Waals surface area contributed by atoms with Crippen molar-refractivity contribution in [3.05, 3.63) is 41.3 Å². The zero-order valence-electron chi connectivity index (χ0n) is 17.0. The molecule has 29 heavy (non-hydrogen) atoms. The fraction of sp³-hybridized carbons (Fsp3) is 0.476. The van der Waals surface area contributed by atoms with Crippen LogP contribution in [0.1, 0.15) is 11.3 Å². The number of para-hydroxylation sites is 1. The Balaban J connectivity index is 1.49. The number of aromatic nitrogens is 2. The van der Waals surface area contributed by atoms with Crippen molar-refractivity contribution in [1.82, 2.24) is 14.9 Å². The molecule has 0 atom stereocenters. The number of piperazine rings is 2. The molecule has 8 heteroatoms. The minimum absolute atomic E-state index is 0.346. The Labute approximate surface area is 171 Å². The molecule has 0 bridgehead atoms. The summed E-state index contributed by atoms with van der Waals surface area (Å²) in [6, 6.07) is 8.80. The Morgan fingerprint density at radius 2 is 1.59 bits per heavy atom. The first-order valence-corrected chi connectivity index (χ1v) is 10.0. The standard InChI is InChI=1S/C21H26FN7/c1-16-14-19(27-8-6-26(2)7-9-27)25-21(24-16)29-12-10-28(11-13-29)20-17(15-23)4-3-5-18(20)22/h3-5,14H,6-13H2,1-2H3. The zero-order chi connectivity index (χ0) is 20.4. The van der Waals surface area contributed by atoms with Crippen molar-refractivity contribution in [2.45, 2.75) is 6.92 Å². The summed E-state index contributed by atoms with van der Waals surface area (Å²) < 4.78 is 14.3. The van der Waals surface area contributed by atoms with Gasteiger partial charge in [-0.25, -0.2) is 9.37 Å². The highest BCUT2D eigenvalue weighted by atomic mass is 19.1. The first-order chi connectivity index (χ1) is 14.0. The van der Waals surface area contributed by atoms with Crippen LogP contribution in [-0.4, -0.2) is 74.3 Å². The van der Waals surface area contributed by atoms with E-state index in [-0.39, 0.29) is 5.82 Å². The number of aryl methyl sites for hydroxylation is 1. The molecule has 4 rings (SSSR count). The van der Waals surface area contributed by atoms with E-state index in [2.05, 4.69) is 32.8 Å². The predicted octanol–water partition coefficient (Wildman–Crippen LogP) is 1.87. The van der Waals surface area contributed by atoms with E-state index >= 15 is 0 Å². The summed E-state index contributed by atoms with van der Waals surface area (Å²) >= 11 is 0. The first-order valence-electron chi connectivity index (χ1n) is 10.0. The Bertz CT molecular complexity index is 910. The van der Waals surface area contributed by atoms with Crippen molar-refractivity contribution in [3.63, 3.8) is 0 Å². The molecule has 2 aliphatic rings. The summed E-state index contributed by atoms with van der Waals surface area (Å²) in [5, 5.41) is 9.32. The molecule has 2 aliphatic heterocycles. The van der Waals surface area contributed by atoms with E-state index < -0.39 is 0 Å². The van der Waals surface area contributed by atoms with Crippen molar-refractivity contribution in [2.24, 2.45) is 0 Å². The van der Waals surface area contributed by atoms with E-state index in [1.54, 1.807) is 12.1 Å². The van der Waals surface area contributed by atoms with Gasteiger partial charge in [0, 0.05) is 64.1 Å². The number of hydrogen-bond donors (Lipinski definition) is 0. The number of anilines is 3. The van der Waals surface area contributed by atoms with Gasteiger partial charge in [-0.1, -0.05) is 6.07 Å². The zero-order valence-corrected chi connectivity index (χ0v) is 17.0. The predicted molar refractivity (Wildman–Crippen MR) is 112 cm³/mol. The molecule has 2 saturated heterocycles. The van der Waals surface area contributed by atoms with Crippen LogP contribution in [0.5, 0.6) is 0 Å². The Morgan fingerprint density at radius 1 is 0.931 bits per heavy atom. The van der Waals surface area contributed by atoms with Gasteiger partial charge in [0.25, 0.3) is 0 Å². The number of nitriles is 1. The number of nitrogens with zero attached hydrogens (tertiary/aromatic N) is 7. The summed E-state index contributed by atoms with van der Waals surface area (Å²) in [7, 11) is 2.14. The average Bonchev–Trinajstić information content (AvgIpc) is 2.74. The van der Waals surface area contributed by atoms with Crippen molar-refractivity contribution in [3.8, 4) is 6.07 Å². The summed E-state index contributed by atoms with van der Waals surface area (Å²) in [6.45, 7) is 8.60. The number of likely N-dealkylation sites (N-methyl/N-ethyl adjacent to an activating group) is 1. The molecular formula is C21H26FN7. The second-order valence-corrected chi connectivity index (χ2v) is 7.68. The van der Waals surface area contributed by atoms with Gasteiger partial charge < -0.3 is 19.6 Å². The van der Waals surface area contributed by atoms with Gasteiger partial charge in [-0.05, 0) is 26.1 Å². The van der Waals surface area contributed by atoms with Crippen LogP contribution in [0.25, 0.3) is 0 Å². The molecule has 0 aliphatic carbocycles. The van der Waals surface area contributed by atoms with Crippen LogP contribution in [0.15, 0.2) is 24.3 Å². The van der Waals surface area contributed by atoms with E-state index in [1.807, 2.05) is 17.9 Å². The topological polar surface area (TPSA) is 62.5 Å². The highest BCUT2D eigenvalue weighted by molar-refractivity contribution is 5.61. The highest BCUT2D eigenvalue weighted by Crippen LogP contribution is 2.26. The maximum atomic E-state index is 14.3. The van der Waals surface area contributed by atoms with E-state index in [0.29, 0.717) is 37.4 Å². The molecule has 1 aromatic carbocycles. The maximum Gasteiger partial charge on any atom is 0.227 e. The average molecular weight is 395 g/mol. The van der Waals surface area contributed by atoms with Crippen LogP contribution in [-0.2, 0) is 0 Å². The SMILES string of the molecule is Cc1cc(N2CCN(C)CC2)nc(N2CCN(c3c(F)cccc3C#N)CC2)n1. The highest BCUT2D eigenvalue weighted by Gasteiger charge is 2.24. The molecule has 7 nitrogen and oxygen atoms in total. The molecule has 2 fully saturated rings. The maximum absolute atomic E-state index is 14.3. The van der Waals surface area contributed by atoms with Gasteiger partial charge in [-0.3, -0.25) is 0 Å². The van der Waals surface area contributed by atoms with Crippen molar-refractivity contribution in [2.75, 3.05) is 74.1 Å². The van der Waals surface area contributed by atoms with Crippen LogP contribution in [0.3, 0.4) is 0 Å². The third-order valence-corrected chi connectivity index (χ3v) is 5.64. The molecule has 152 valence electrons. The van der Waals surface area contributed by atoms with Gasteiger partial charge in [0.1, 0.15) is 17.7 Å². The van der Waals surface area contributed by atoms with Gasteiger partial charge >= 0.3 is 0 Å². The lowest BCUT2D eigenvalue weighted by molar-refractivity contribution is 0.312. The van der Waals surface area contributed by atoms with Crippen LogP contribution in [0.4, 0.5) is 21.8 Å². The molecule has 0 spiro atoms. The normalized spacial score (nSPS) is 18.1. The van der Waals surface area contributed by atoms with Gasteiger partial charge in [0.15, 0.2) is 0 Å². The lowest BCUT2D eigenvalue weighted by Gasteiger charge is -2.37. The molecule has 0 radical (unpaired) electrons. The quantitative estimate of drug-likeness (QED) is 0.786. The second kappa shape index (κ2) is 8.21. The van der Waals surface area contributed by atoms with Gasteiger partial charge in [-0.2, -0.15) is 10.2 Å². The number of halogens is 1. The fourth-order valence-electron chi connectivity index (χ4n) is 3.93. The molecule has 1 aromatic heterocycles. The van der Waals surface area contributed by atoms with Crippen LogP contribution >= 0.6 is 0 Å². The van der Waals surface area contributed by atoms with E-state index in [1.165, 1.54) is 6.07 Å². The van der Waals surface area contributed by atoms with Crippen molar-refractivity contribution in [1.29, 1.82) is 5.26 Å². The van der Waals surface area contributed by atoms with Crippen LogP contribution < -0.4 is 14.7 Å². The minimum Gasteiger partial charge on any atom is -0.365 e. The summed E-state index contributed by atoms with van der Waals surface area (Å²) in [5.74, 6) is 1.36. The molecule has 0 N–H and O–H groups in total. The first kappa shape index (κ1) is 19.4. The summed E-state index contributed by atoms with van der Waals surface area (Å²) in [5.41, 5.74) is 1.73. The Kier molecular flexibility index (Phi) is 5.49. The molecule has 0 unspecified atom stereocenters. The van der Waals surface area contributed by atoms with Gasteiger partial charge in [-0.15, -0.1) is 0 Å². The fourth-order valence-corrected chi connectivity index (χ4v) is 3.93. The molecular weight excluding hydrogens is 369 g/mol. The van der Waals surface area contributed by atoms with E-state index in [0.717, 1.165) is 43.6 Å². The Morgan fingerprint density at radius 3 is 2.28 bits per heavy atom. The van der Waals surface area contributed by atoms with E-state index in [9.17, 15) is 9.65 Å². The van der Waals surface area contributed by atoms with Crippen LogP contribution in [0, 0.1) is 24.1 Å². The Hall–Kier alpha value is -2.92. The smallest absolute Gasteiger partial charge is 0.227 e. The molecule has 2 aromatic rings. The molecule has 3 heterocycles. The van der Waals surface area contributed by atoms with E-state index in [4.69, 9.17) is 4.98 Å². The third kappa shape index (κ3) is 4.10. The molecule has 0 amide bonds. The summed E-state index contributed by atoms with van der Waals surface area (Å²) in [4.78, 5) is 18.2. The minimum atomic E-state index is -0.346. The van der Waals surface area contributed by atoms with Crippen LogP contribution in [0.2, 0.25) is 0 Å². The van der Waals surface area contributed by atoms with Gasteiger partial charge in [0.2, 0.25) is 5.95 Å². The van der Waals surface area contributed by atoms with Crippen molar-refractivity contribution >= 4 is 17.5 Å².